The minimum atomic E-state index is -0.0593. The topological polar surface area (TPSA) is 38.8 Å². The van der Waals surface area contributed by atoms with Gasteiger partial charge in [-0.05, 0) is 30.7 Å². The normalized spacial score (nSPS) is 16.9. The lowest BCUT2D eigenvalue weighted by Crippen LogP contribution is -2.31. The molecule has 4 nitrogen and oxygen atoms in total. The number of hydrogen-bond acceptors (Lipinski definition) is 5. The molecule has 1 amide bonds. The van der Waals surface area contributed by atoms with Gasteiger partial charge >= 0.3 is 0 Å². The zero-order chi connectivity index (χ0) is 15.2. The van der Waals surface area contributed by atoms with Crippen molar-refractivity contribution in [2.75, 3.05) is 26.9 Å². The summed E-state index contributed by atoms with van der Waals surface area (Å²) in [5.74, 6) is 0.762. The smallest absolute Gasteiger partial charge is 0.266 e. The number of hydrogen-bond donors (Lipinski definition) is 0. The van der Waals surface area contributed by atoms with E-state index in [1.54, 1.807) is 12.0 Å². The van der Waals surface area contributed by atoms with Crippen LogP contribution >= 0.6 is 24.0 Å². The van der Waals surface area contributed by atoms with E-state index in [0.29, 0.717) is 29.0 Å². The number of nitrogens with zero attached hydrogens (tertiary/aromatic N) is 1. The van der Waals surface area contributed by atoms with Crippen LogP contribution in [0.1, 0.15) is 12.5 Å². The van der Waals surface area contributed by atoms with E-state index < -0.39 is 0 Å². The van der Waals surface area contributed by atoms with Crippen LogP contribution in [0.25, 0.3) is 6.08 Å². The number of amides is 1. The first-order valence-corrected chi connectivity index (χ1v) is 7.85. The van der Waals surface area contributed by atoms with Gasteiger partial charge in [0.1, 0.15) is 10.1 Å². The summed E-state index contributed by atoms with van der Waals surface area (Å²) in [4.78, 5) is 14.5. The van der Waals surface area contributed by atoms with Gasteiger partial charge in [0.05, 0.1) is 24.7 Å². The Morgan fingerprint density at radius 3 is 2.67 bits per heavy atom. The van der Waals surface area contributed by atoms with Gasteiger partial charge in [-0.15, -0.1) is 0 Å². The Hall–Kier alpha value is -1.37. The van der Waals surface area contributed by atoms with Gasteiger partial charge in [-0.1, -0.05) is 36.1 Å². The van der Waals surface area contributed by atoms with E-state index in [2.05, 4.69) is 0 Å². The molecule has 112 valence electrons. The molecule has 0 spiro atoms. The van der Waals surface area contributed by atoms with Crippen LogP contribution in [0.3, 0.4) is 0 Å². The summed E-state index contributed by atoms with van der Waals surface area (Å²) in [5.41, 5.74) is 0.950. The van der Waals surface area contributed by atoms with Gasteiger partial charge < -0.3 is 9.47 Å². The molecule has 0 bridgehead atoms. The molecular formula is C15H17NO3S2. The minimum absolute atomic E-state index is 0.0593. The SMILES string of the molecule is CCOc1ccc(/C=C2\SC(=S)N(CCOC)C2=O)cc1. The van der Waals surface area contributed by atoms with Gasteiger partial charge in [-0.3, -0.25) is 9.69 Å². The molecule has 1 aromatic rings. The number of ether oxygens (including phenoxy) is 2. The number of rotatable bonds is 6. The Kier molecular flexibility index (Phi) is 5.78. The lowest BCUT2D eigenvalue weighted by molar-refractivity contribution is -0.122. The molecule has 0 N–H and O–H groups in total. The van der Waals surface area contributed by atoms with E-state index in [1.165, 1.54) is 11.8 Å². The third-order valence-corrected chi connectivity index (χ3v) is 4.26. The third-order valence-electron chi connectivity index (χ3n) is 2.88. The van der Waals surface area contributed by atoms with Gasteiger partial charge in [0.15, 0.2) is 0 Å². The van der Waals surface area contributed by atoms with E-state index in [9.17, 15) is 4.79 Å². The van der Waals surface area contributed by atoms with Crippen LogP contribution in [0.15, 0.2) is 29.2 Å². The van der Waals surface area contributed by atoms with E-state index in [1.807, 2.05) is 37.3 Å². The fraction of sp³-hybridized carbons (Fsp3) is 0.333. The summed E-state index contributed by atoms with van der Waals surface area (Å²) in [6, 6.07) is 7.63. The maximum Gasteiger partial charge on any atom is 0.266 e. The summed E-state index contributed by atoms with van der Waals surface area (Å²) in [6.45, 7) is 3.54. The second kappa shape index (κ2) is 7.59. The summed E-state index contributed by atoms with van der Waals surface area (Å²) in [5, 5.41) is 0. The quantitative estimate of drug-likeness (QED) is 0.594. The fourth-order valence-corrected chi connectivity index (χ4v) is 3.16. The highest BCUT2D eigenvalue weighted by Crippen LogP contribution is 2.32. The number of thiocarbonyl (C=S) groups is 1. The summed E-state index contributed by atoms with van der Waals surface area (Å²) >= 11 is 6.55. The van der Waals surface area contributed by atoms with Crippen molar-refractivity contribution in [3.8, 4) is 5.75 Å². The Morgan fingerprint density at radius 1 is 1.33 bits per heavy atom. The summed E-state index contributed by atoms with van der Waals surface area (Å²) in [6.07, 6.45) is 1.85. The molecule has 0 aliphatic carbocycles. The van der Waals surface area contributed by atoms with Crippen molar-refractivity contribution >= 4 is 40.3 Å². The second-order valence-electron chi connectivity index (χ2n) is 4.33. The molecule has 2 rings (SSSR count). The molecule has 6 heteroatoms. The van der Waals surface area contributed by atoms with Crippen molar-refractivity contribution < 1.29 is 14.3 Å². The lowest BCUT2D eigenvalue weighted by Gasteiger charge is -2.12. The van der Waals surface area contributed by atoms with Crippen LogP contribution in [-0.4, -0.2) is 42.0 Å². The Bertz CT molecular complexity index is 555. The number of benzene rings is 1. The number of methoxy groups -OCH3 is 1. The predicted molar refractivity (Wildman–Crippen MR) is 89.4 cm³/mol. The highest BCUT2D eigenvalue weighted by Gasteiger charge is 2.31. The van der Waals surface area contributed by atoms with E-state index in [0.717, 1.165) is 11.3 Å². The number of carbonyl (C=O) groups excluding carboxylic acids is 1. The highest BCUT2D eigenvalue weighted by atomic mass is 32.2. The Balaban J connectivity index is 2.10. The van der Waals surface area contributed by atoms with Crippen molar-refractivity contribution in [3.05, 3.63) is 34.7 Å². The first kappa shape index (κ1) is 16.0. The molecule has 1 fully saturated rings. The second-order valence-corrected chi connectivity index (χ2v) is 6.00. The molecule has 1 aromatic carbocycles. The molecule has 0 saturated carbocycles. The van der Waals surface area contributed by atoms with Crippen LogP contribution in [-0.2, 0) is 9.53 Å². The largest absolute Gasteiger partial charge is 0.494 e. The molecule has 0 radical (unpaired) electrons. The van der Waals surface area contributed by atoms with Crippen LogP contribution in [0.2, 0.25) is 0 Å². The number of carbonyl (C=O) groups is 1. The maximum absolute atomic E-state index is 12.3. The van der Waals surface area contributed by atoms with Crippen LogP contribution in [0.4, 0.5) is 0 Å². The average Bonchev–Trinajstić information content (AvgIpc) is 2.74. The lowest BCUT2D eigenvalue weighted by atomic mass is 10.2. The van der Waals surface area contributed by atoms with Gasteiger partial charge in [0.25, 0.3) is 5.91 Å². The third kappa shape index (κ3) is 4.06. The predicted octanol–water partition coefficient (Wildman–Crippen LogP) is 2.93. The zero-order valence-corrected chi connectivity index (χ0v) is 13.6. The molecule has 1 aliphatic rings. The van der Waals surface area contributed by atoms with Gasteiger partial charge in [0.2, 0.25) is 0 Å². The van der Waals surface area contributed by atoms with Gasteiger partial charge in [0, 0.05) is 7.11 Å². The van der Waals surface area contributed by atoms with E-state index in [-0.39, 0.29) is 5.91 Å². The molecule has 0 atom stereocenters. The summed E-state index contributed by atoms with van der Waals surface area (Å²) in [7, 11) is 1.60. The zero-order valence-electron chi connectivity index (χ0n) is 12.0. The minimum Gasteiger partial charge on any atom is -0.494 e. The molecule has 0 aromatic heterocycles. The molecule has 21 heavy (non-hydrogen) atoms. The Labute approximate surface area is 134 Å². The Morgan fingerprint density at radius 2 is 2.05 bits per heavy atom. The van der Waals surface area contributed by atoms with Crippen molar-refractivity contribution in [1.82, 2.24) is 4.90 Å². The average molecular weight is 323 g/mol. The van der Waals surface area contributed by atoms with Gasteiger partial charge in [-0.25, -0.2) is 0 Å². The van der Waals surface area contributed by atoms with Crippen molar-refractivity contribution in [1.29, 1.82) is 0 Å². The number of thioether (sulfide) groups is 1. The molecular weight excluding hydrogens is 306 g/mol. The fourth-order valence-electron chi connectivity index (χ4n) is 1.85. The molecule has 1 heterocycles. The van der Waals surface area contributed by atoms with Crippen molar-refractivity contribution in [3.63, 3.8) is 0 Å². The van der Waals surface area contributed by atoms with E-state index >= 15 is 0 Å². The molecule has 1 aliphatic heterocycles. The van der Waals surface area contributed by atoms with Crippen molar-refractivity contribution in [2.45, 2.75) is 6.92 Å². The highest BCUT2D eigenvalue weighted by molar-refractivity contribution is 8.26. The maximum atomic E-state index is 12.3. The van der Waals surface area contributed by atoms with Crippen LogP contribution in [0, 0.1) is 0 Å². The first-order chi connectivity index (χ1) is 10.2. The molecule has 0 unspecified atom stereocenters. The molecule has 1 saturated heterocycles. The van der Waals surface area contributed by atoms with E-state index in [4.69, 9.17) is 21.7 Å². The van der Waals surface area contributed by atoms with Crippen molar-refractivity contribution in [2.24, 2.45) is 0 Å². The van der Waals surface area contributed by atoms with Gasteiger partial charge in [-0.2, -0.15) is 0 Å². The van der Waals surface area contributed by atoms with Crippen LogP contribution in [0.5, 0.6) is 5.75 Å². The van der Waals surface area contributed by atoms with Crippen LogP contribution < -0.4 is 4.74 Å². The monoisotopic (exact) mass is 323 g/mol. The standard InChI is InChI=1S/C15H17NO3S2/c1-3-19-12-6-4-11(5-7-12)10-13-14(17)16(8-9-18-2)15(20)21-13/h4-7,10H,3,8-9H2,1-2H3/b13-10-. The summed E-state index contributed by atoms with van der Waals surface area (Å²) < 4.78 is 11.0. The first-order valence-electron chi connectivity index (χ1n) is 6.63.